The number of methoxy groups -OCH3 is 1. The number of amides is 1. The number of thioether (sulfide) groups is 1. The highest BCUT2D eigenvalue weighted by molar-refractivity contribution is 7.99. The summed E-state index contributed by atoms with van der Waals surface area (Å²) >= 11 is 1.45. The van der Waals surface area contributed by atoms with Gasteiger partial charge in [-0.25, -0.2) is 9.50 Å². The molecule has 2 aromatic heterocycles. The van der Waals surface area contributed by atoms with Crippen LogP contribution in [0.4, 0.5) is 0 Å². The van der Waals surface area contributed by atoms with Crippen molar-refractivity contribution in [1.29, 1.82) is 0 Å². The third-order valence-electron chi connectivity index (χ3n) is 4.75. The molecule has 3 aromatic rings. The lowest BCUT2D eigenvalue weighted by atomic mass is 10.2. The fraction of sp³-hybridized carbons (Fsp3) is 0.350. The Morgan fingerprint density at radius 3 is 2.74 bits per heavy atom. The average molecular weight is 382 g/mol. The van der Waals surface area contributed by atoms with E-state index in [4.69, 9.17) is 4.74 Å². The van der Waals surface area contributed by atoms with Gasteiger partial charge in [0, 0.05) is 11.6 Å². The van der Waals surface area contributed by atoms with E-state index in [1.807, 2.05) is 42.6 Å². The van der Waals surface area contributed by atoms with Crippen LogP contribution in [0.15, 0.2) is 47.6 Å². The van der Waals surface area contributed by atoms with Crippen LogP contribution < -0.4 is 10.1 Å². The molecule has 0 bridgehead atoms. The molecule has 27 heavy (non-hydrogen) atoms. The molecule has 0 atom stereocenters. The number of imidazole rings is 1. The third kappa shape index (κ3) is 4.24. The second kappa shape index (κ2) is 8.00. The van der Waals surface area contributed by atoms with Crippen molar-refractivity contribution in [3.05, 3.63) is 42.6 Å². The fourth-order valence-corrected chi connectivity index (χ4v) is 3.99. The van der Waals surface area contributed by atoms with Gasteiger partial charge in [0.25, 0.3) is 0 Å². The Kier molecular flexibility index (Phi) is 5.29. The quantitative estimate of drug-likeness (QED) is 0.660. The summed E-state index contributed by atoms with van der Waals surface area (Å²) in [6.45, 7) is 0. The number of benzene rings is 1. The van der Waals surface area contributed by atoms with E-state index in [1.165, 1.54) is 24.6 Å². The molecule has 0 spiro atoms. The normalized spacial score (nSPS) is 14.6. The molecular formula is C20H22N4O2S. The standard InChI is InChI=1S/C20H22N4O2S/c1-26-16-8-6-14(7-9-16)17-12-24-18(22-17)10-11-20(23-24)27-13-19(25)21-15-4-2-3-5-15/h6-12,15H,2-5,13H2,1H3,(H,21,25). The molecule has 140 valence electrons. The van der Waals surface area contributed by atoms with Gasteiger partial charge in [0.05, 0.1) is 24.8 Å². The molecule has 7 heteroatoms. The molecular weight excluding hydrogens is 360 g/mol. The molecule has 0 aliphatic heterocycles. The van der Waals surface area contributed by atoms with E-state index in [-0.39, 0.29) is 5.91 Å². The molecule has 0 unspecified atom stereocenters. The van der Waals surface area contributed by atoms with Crippen molar-refractivity contribution in [3.63, 3.8) is 0 Å². The zero-order valence-electron chi connectivity index (χ0n) is 15.2. The maximum absolute atomic E-state index is 12.1. The fourth-order valence-electron chi connectivity index (χ4n) is 3.32. The number of rotatable bonds is 6. The molecule has 6 nitrogen and oxygen atoms in total. The minimum atomic E-state index is 0.0818. The maximum atomic E-state index is 12.1. The van der Waals surface area contributed by atoms with Gasteiger partial charge < -0.3 is 10.1 Å². The van der Waals surface area contributed by atoms with Crippen molar-refractivity contribution in [2.75, 3.05) is 12.9 Å². The molecule has 1 aliphatic carbocycles. The van der Waals surface area contributed by atoms with Crippen LogP contribution >= 0.6 is 11.8 Å². The Balaban J connectivity index is 1.43. The second-order valence-electron chi connectivity index (χ2n) is 6.67. The van der Waals surface area contributed by atoms with E-state index in [0.717, 1.165) is 40.5 Å². The smallest absolute Gasteiger partial charge is 0.230 e. The Hall–Kier alpha value is -2.54. The molecule has 1 fully saturated rings. The largest absolute Gasteiger partial charge is 0.497 e. The summed E-state index contributed by atoms with van der Waals surface area (Å²) < 4.78 is 6.95. The highest BCUT2D eigenvalue weighted by atomic mass is 32.2. The van der Waals surface area contributed by atoms with Crippen LogP contribution in [0, 0.1) is 0 Å². The van der Waals surface area contributed by atoms with Crippen LogP contribution in [0.2, 0.25) is 0 Å². The zero-order valence-corrected chi connectivity index (χ0v) is 16.0. The monoisotopic (exact) mass is 382 g/mol. The van der Waals surface area contributed by atoms with Gasteiger partial charge >= 0.3 is 0 Å². The Labute approximate surface area is 162 Å². The van der Waals surface area contributed by atoms with Gasteiger partial charge in [-0.05, 0) is 49.2 Å². The van der Waals surface area contributed by atoms with E-state index in [9.17, 15) is 4.79 Å². The molecule has 2 heterocycles. The molecule has 0 radical (unpaired) electrons. The first-order chi connectivity index (χ1) is 13.2. The zero-order chi connectivity index (χ0) is 18.6. The van der Waals surface area contributed by atoms with Crippen molar-refractivity contribution < 1.29 is 9.53 Å². The van der Waals surface area contributed by atoms with Crippen LogP contribution in [-0.4, -0.2) is 39.4 Å². The average Bonchev–Trinajstić information content (AvgIpc) is 3.35. The van der Waals surface area contributed by atoms with Crippen LogP contribution in [0.1, 0.15) is 25.7 Å². The van der Waals surface area contributed by atoms with Crippen molar-refractivity contribution in [3.8, 4) is 17.0 Å². The number of carbonyl (C=O) groups is 1. The summed E-state index contributed by atoms with van der Waals surface area (Å²) in [6.07, 6.45) is 6.54. The Morgan fingerprint density at radius 1 is 1.22 bits per heavy atom. The molecule has 1 aromatic carbocycles. The first-order valence-corrected chi connectivity index (χ1v) is 10.1. The summed E-state index contributed by atoms with van der Waals surface area (Å²) in [5, 5.41) is 8.48. The summed E-state index contributed by atoms with van der Waals surface area (Å²) in [7, 11) is 1.65. The SMILES string of the molecule is COc1ccc(-c2cn3nc(SCC(=O)NC4CCCC4)ccc3n2)cc1. The first-order valence-electron chi connectivity index (χ1n) is 9.14. The number of ether oxygens (including phenoxy) is 1. The minimum Gasteiger partial charge on any atom is -0.497 e. The van der Waals surface area contributed by atoms with E-state index >= 15 is 0 Å². The molecule has 1 aliphatic rings. The van der Waals surface area contributed by atoms with Gasteiger partial charge in [0.1, 0.15) is 10.8 Å². The predicted molar refractivity (Wildman–Crippen MR) is 106 cm³/mol. The summed E-state index contributed by atoms with van der Waals surface area (Å²) in [6, 6.07) is 12.0. The van der Waals surface area contributed by atoms with Gasteiger partial charge in [-0.15, -0.1) is 0 Å². The number of nitrogens with zero attached hydrogens (tertiary/aromatic N) is 3. The van der Waals surface area contributed by atoms with Gasteiger partial charge in [-0.3, -0.25) is 4.79 Å². The summed E-state index contributed by atoms with van der Waals surface area (Å²) in [5.41, 5.74) is 2.64. The van der Waals surface area contributed by atoms with Crippen molar-refractivity contribution in [2.45, 2.75) is 36.8 Å². The predicted octanol–water partition coefficient (Wildman–Crippen LogP) is 3.56. The van der Waals surface area contributed by atoms with Crippen LogP contribution in [0.3, 0.4) is 0 Å². The first kappa shape index (κ1) is 17.9. The Bertz CT molecular complexity index is 933. The highest BCUT2D eigenvalue weighted by Crippen LogP contribution is 2.23. The lowest BCUT2D eigenvalue weighted by Gasteiger charge is -2.11. The van der Waals surface area contributed by atoms with Gasteiger partial charge in [-0.1, -0.05) is 24.6 Å². The number of nitrogens with one attached hydrogen (secondary N) is 1. The van der Waals surface area contributed by atoms with Gasteiger partial charge in [0.2, 0.25) is 5.91 Å². The second-order valence-corrected chi connectivity index (χ2v) is 7.66. The van der Waals surface area contributed by atoms with Crippen molar-refractivity contribution in [2.24, 2.45) is 0 Å². The molecule has 1 saturated carbocycles. The molecule has 1 amide bonds. The number of fused-ring (bicyclic) bond motifs is 1. The summed E-state index contributed by atoms with van der Waals surface area (Å²) in [5.74, 6) is 1.28. The number of hydrogen-bond acceptors (Lipinski definition) is 5. The third-order valence-corrected chi connectivity index (χ3v) is 5.67. The van der Waals surface area contributed by atoms with Crippen LogP contribution in [-0.2, 0) is 4.79 Å². The van der Waals surface area contributed by atoms with Crippen molar-refractivity contribution >= 4 is 23.3 Å². The van der Waals surface area contributed by atoms with E-state index < -0.39 is 0 Å². The lowest BCUT2D eigenvalue weighted by Crippen LogP contribution is -2.33. The van der Waals surface area contributed by atoms with E-state index in [1.54, 1.807) is 11.6 Å². The minimum absolute atomic E-state index is 0.0818. The molecule has 4 rings (SSSR count). The van der Waals surface area contributed by atoms with Gasteiger partial charge in [0.15, 0.2) is 5.65 Å². The van der Waals surface area contributed by atoms with Crippen LogP contribution in [0.5, 0.6) is 5.75 Å². The van der Waals surface area contributed by atoms with E-state index in [2.05, 4.69) is 15.4 Å². The molecule has 1 N–H and O–H groups in total. The number of hydrogen-bond donors (Lipinski definition) is 1. The van der Waals surface area contributed by atoms with E-state index in [0.29, 0.717) is 11.8 Å². The van der Waals surface area contributed by atoms with Crippen molar-refractivity contribution in [1.82, 2.24) is 19.9 Å². The van der Waals surface area contributed by atoms with Gasteiger partial charge in [-0.2, -0.15) is 5.10 Å². The topological polar surface area (TPSA) is 68.5 Å². The van der Waals surface area contributed by atoms with Crippen LogP contribution in [0.25, 0.3) is 16.9 Å². The molecule has 0 saturated heterocycles. The number of carbonyl (C=O) groups excluding carboxylic acids is 1. The number of aromatic nitrogens is 3. The maximum Gasteiger partial charge on any atom is 0.230 e. The lowest BCUT2D eigenvalue weighted by molar-refractivity contribution is -0.119. The highest BCUT2D eigenvalue weighted by Gasteiger charge is 2.17. The Morgan fingerprint density at radius 2 is 2.00 bits per heavy atom. The summed E-state index contributed by atoms with van der Waals surface area (Å²) in [4.78, 5) is 16.7.